The minimum absolute atomic E-state index is 0.0706. The summed E-state index contributed by atoms with van der Waals surface area (Å²) in [6.45, 7) is 1.79. The van der Waals surface area contributed by atoms with Crippen LogP contribution in [0.4, 0.5) is 0 Å². The largest absolute Gasteiger partial charge is 0.480 e. The molecule has 118 valence electrons. The van der Waals surface area contributed by atoms with Gasteiger partial charge in [-0.3, -0.25) is 4.79 Å². The molecule has 1 unspecified atom stereocenters. The molecule has 2 rings (SSSR count). The number of carboxylic acid groups (broad SMARTS) is 1. The lowest BCUT2D eigenvalue weighted by Gasteiger charge is -2.12. The van der Waals surface area contributed by atoms with E-state index in [0.29, 0.717) is 12.1 Å². The predicted octanol–water partition coefficient (Wildman–Crippen LogP) is 1.40. The van der Waals surface area contributed by atoms with Crippen LogP contribution in [-0.4, -0.2) is 35.3 Å². The number of aliphatic carboxylic acids is 1. The average Bonchev–Trinajstić information content (AvgIpc) is 2.98. The second kappa shape index (κ2) is 6.71. The van der Waals surface area contributed by atoms with Gasteiger partial charge in [0.15, 0.2) is 0 Å². The number of nitrogens with zero attached hydrogens (tertiary/aromatic N) is 2. The molecule has 0 amide bonds. The minimum atomic E-state index is -3.93. The second-order valence-corrected chi connectivity index (χ2v) is 6.47. The summed E-state index contributed by atoms with van der Waals surface area (Å²) in [5.41, 5.74) is 0.715. The van der Waals surface area contributed by atoms with Crippen LogP contribution in [0, 0.1) is 0 Å². The molecule has 7 nitrogen and oxygen atoms in total. The average molecular weight is 323 g/mol. The van der Waals surface area contributed by atoms with E-state index in [1.807, 2.05) is 18.2 Å². The highest BCUT2D eigenvalue weighted by molar-refractivity contribution is 7.89. The Kier molecular flexibility index (Phi) is 4.94. The number of carboxylic acids is 1. The quantitative estimate of drug-likeness (QED) is 0.802. The molecule has 22 heavy (non-hydrogen) atoms. The van der Waals surface area contributed by atoms with Crippen LogP contribution in [0.2, 0.25) is 0 Å². The zero-order chi connectivity index (χ0) is 16.2. The van der Waals surface area contributed by atoms with E-state index in [-0.39, 0.29) is 11.3 Å². The minimum Gasteiger partial charge on any atom is -0.480 e. The maximum atomic E-state index is 12.2. The van der Waals surface area contributed by atoms with Crippen LogP contribution in [0.3, 0.4) is 0 Å². The zero-order valence-electron chi connectivity index (χ0n) is 12.0. The van der Waals surface area contributed by atoms with Crippen molar-refractivity contribution in [1.82, 2.24) is 14.5 Å². The predicted molar refractivity (Wildman–Crippen MR) is 80.2 cm³/mol. The third-order valence-electron chi connectivity index (χ3n) is 3.06. The molecule has 2 aromatic rings. The van der Waals surface area contributed by atoms with Gasteiger partial charge >= 0.3 is 5.97 Å². The van der Waals surface area contributed by atoms with Crippen LogP contribution in [0.25, 0.3) is 5.69 Å². The van der Waals surface area contributed by atoms with Crippen LogP contribution >= 0.6 is 0 Å². The van der Waals surface area contributed by atoms with E-state index in [0.717, 1.165) is 0 Å². The SMILES string of the molecule is CCCC(NS(=O)(=O)c1cnn(-c2ccccc2)c1)C(=O)O. The molecule has 0 aliphatic rings. The Hall–Kier alpha value is -2.19. The van der Waals surface area contributed by atoms with E-state index in [4.69, 9.17) is 5.11 Å². The maximum absolute atomic E-state index is 12.2. The van der Waals surface area contributed by atoms with Crippen molar-refractivity contribution < 1.29 is 18.3 Å². The number of hydrogen-bond acceptors (Lipinski definition) is 4. The molecule has 0 aliphatic carbocycles. The normalized spacial score (nSPS) is 13.0. The fourth-order valence-electron chi connectivity index (χ4n) is 1.94. The van der Waals surface area contributed by atoms with Gasteiger partial charge in [0, 0.05) is 0 Å². The highest BCUT2D eigenvalue weighted by atomic mass is 32.2. The molecule has 0 radical (unpaired) electrons. The highest BCUT2D eigenvalue weighted by Gasteiger charge is 2.25. The Morgan fingerprint density at radius 3 is 2.64 bits per heavy atom. The van der Waals surface area contributed by atoms with E-state index >= 15 is 0 Å². The van der Waals surface area contributed by atoms with Gasteiger partial charge in [0.2, 0.25) is 10.0 Å². The summed E-state index contributed by atoms with van der Waals surface area (Å²) < 4.78 is 28.1. The summed E-state index contributed by atoms with van der Waals surface area (Å²) >= 11 is 0. The summed E-state index contributed by atoms with van der Waals surface area (Å²) in [6, 6.07) is 7.89. The Balaban J connectivity index is 2.23. The first kappa shape index (κ1) is 16.2. The molecule has 0 aliphatic heterocycles. The van der Waals surface area contributed by atoms with Crippen LogP contribution in [0.5, 0.6) is 0 Å². The van der Waals surface area contributed by atoms with Crippen LogP contribution in [0.15, 0.2) is 47.6 Å². The fourth-order valence-corrected chi connectivity index (χ4v) is 3.10. The van der Waals surface area contributed by atoms with Crippen molar-refractivity contribution in [2.75, 3.05) is 0 Å². The Morgan fingerprint density at radius 2 is 2.05 bits per heavy atom. The zero-order valence-corrected chi connectivity index (χ0v) is 12.8. The van der Waals surface area contributed by atoms with Crippen molar-refractivity contribution in [2.24, 2.45) is 0 Å². The van der Waals surface area contributed by atoms with Crippen molar-refractivity contribution >= 4 is 16.0 Å². The van der Waals surface area contributed by atoms with Crippen molar-refractivity contribution in [1.29, 1.82) is 0 Å². The number of aromatic nitrogens is 2. The number of nitrogens with one attached hydrogen (secondary N) is 1. The monoisotopic (exact) mass is 323 g/mol. The van der Waals surface area contributed by atoms with Gasteiger partial charge in [0.05, 0.1) is 18.1 Å². The topological polar surface area (TPSA) is 101 Å². The molecule has 1 aromatic carbocycles. The standard InChI is InChI=1S/C14H17N3O4S/c1-2-6-13(14(18)19)16-22(20,21)12-9-15-17(10-12)11-7-4-3-5-8-11/h3-5,7-10,13,16H,2,6H2,1H3,(H,18,19). The first-order valence-corrected chi connectivity index (χ1v) is 8.27. The number of benzene rings is 1. The lowest BCUT2D eigenvalue weighted by atomic mass is 10.2. The Labute approximate surface area is 128 Å². The molecule has 0 bridgehead atoms. The molecule has 1 atom stereocenters. The second-order valence-electron chi connectivity index (χ2n) is 4.76. The van der Waals surface area contributed by atoms with E-state index in [2.05, 4.69) is 9.82 Å². The number of carbonyl (C=O) groups is 1. The molecule has 1 heterocycles. The summed E-state index contributed by atoms with van der Waals surface area (Å²) in [7, 11) is -3.93. The Morgan fingerprint density at radius 1 is 1.36 bits per heavy atom. The molecule has 0 spiro atoms. The van der Waals surface area contributed by atoms with Crippen molar-refractivity contribution in [3.63, 3.8) is 0 Å². The molecule has 8 heteroatoms. The molecule has 2 N–H and O–H groups in total. The lowest BCUT2D eigenvalue weighted by molar-refractivity contribution is -0.139. The molecule has 0 saturated heterocycles. The van der Waals surface area contributed by atoms with Gasteiger partial charge in [-0.2, -0.15) is 9.82 Å². The van der Waals surface area contributed by atoms with E-state index in [1.54, 1.807) is 19.1 Å². The molecule has 0 saturated carbocycles. The summed E-state index contributed by atoms with van der Waals surface area (Å²) in [6.07, 6.45) is 3.33. The van der Waals surface area contributed by atoms with Gasteiger partial charge in [-0.25, -0.2) is 13.1 Å². The van der Waals surface area contributed by atoms with Crippen LogP contribution in [0.1, 0.15) is 19.8 Å². The lowest BCUT2D eigenvalue weighted by Crippen LogP contribution is -2.40. The van der Waals surface area contributed by atoms with Gasteiger partial charge < -0.3 is 5.11 Å². The molecule has 0 fully saturated rings. The van der Waals surface area contributed by atoms with Crippen molar-refractivity contribution in [2.45, 2.75) is 30.7 Å². The van der Waals surface area contributed by atoms with E-state index < -0.39 is 22.0 Å². The number of para-hydroxylation sites is 1. The van der Waals surface area contributed by atoms with Gasteiger partial charge in [-0.1, -0.05) is 31.5 Å². The van der Waals surface area contributed by atoms with Gasteiger partial charge in [-0.15, -0.1) is 0 Å². The smallest absolute Gasteiger partial charge is 0.321 e. The van der Waals surface area contributed by atoms with E-state index in [1.165, 1.54) is 17.1 Å². The van der Waals surface area contributed by atoms with Crippen LogP contribution in [-0.2, 0) is 14.8 Å². The maximum Gasteiger partial charge on any atom is 0.321 e. The van der Waals surface area contributed by atoms with Gasteiger partial charge in [0.25, 0.3) is 0 Å². The third-order valence-corrected chi connectivity index (χ3v) is 4.49. The fraction of sp³-hybridized carbons (Fsp3) is 0.286. The molecular formula is C14H17N3O4S. The number of hydrogen-bond donors (Lipinski definition) is 2. The Bertz CT molecular complexity index is 740. The number of sulfonamides is 1. The summed E-state index contributed by atoms with van der Waals surface area (Å²) in [5, 5.41) is 13.1. The van der Waals surface area contributed by atoms with Crippen molar-refractivity contribution in [3.8, 4) is 5.69 Å². The summed E-state index contributed by atoms with van der Waals surface area (Å²) in [4.78, 5) is 11.0. The summed E-state index contributed by atoms with van der Waals surface area (Å²) in [5.74, 6) is -1.19. The van der Waals surface area contributed by atoms with Gasteiger partial charge in [-0.05, 0) is 18.6 Å². The van der Waals surface area contributed by atoms with Crippen LogP contribution < -0.4 is 4.72 Å². The highest BCUT2D eigenvalue weighted by Crippen LogP contribution is 2.13. The number of rotatable bonds is 7. The first-order valence-electron chi connectivity index (χ1n) is 6.79. The third kappa shape index (κ3) is 3.71. The van der Waals surface area contributed by atoms with Crippen molar-refractivity contribution in [3.05, 3.63) is 42.7 Å². The first-order chi connectivity index (χ1) is 10.4. The molecule has 1 aromatic heterocycles. The van der Waals surface area contributed by atoms with E-state index in [9.17, 15) is 13.2 Å². The molecular weight excluding hydrogens is 306 g/mol. The van der Waals surface area contributed by atoms with Gasteiger partial charge in [0.1, 0.15) is 10.9 Å².